The molecule has 7 nitrogen and oxygen atoms in total. The van der Waals surface area contributed by atoms with Crippen molar-refractivity contribution in [3.05, 3.63) is 10.4 Å². The summed E-state index contributed by atoms with van der Waals surface area (Å²) in [7, 11) is 1.56. The first-order valence-electron chi connectivity index (χ1n) is 6.94. The van der Waals surface area contributed by atoms with Gasteiger partial charge in [-0.3, -0.25) is 4.90 Å². The maximum absolute atomic E-state index is 12.1. The third-order valence-electron chi connectivity index (χ3n) is 3.37. The van der Waals surface area contributed by atoms with Crippen LogP contribution in [-0.4, -0.2) is 49.9 Å². The van der Waals surface area contributed by atoms with Gasteiger partial charge in [0.1, 0.15) is 6.10 Å². The van der Waals surface area contributed by atoms with E-state index in [2.05, 4.69) is 10.0 Å². The lowest BCUT2D eigenvalue weighted by atomic mass is 9.82. The van der Waals surface area contributed by atoms with E-state index in [-0.39, 0.29) is 17.5 Å². The highest BCUT2D eigenvalue weighted by molar-refractivity contribution is 6.18. The molecule has 122 valence electrons. The van der Waals surface area contributed by atoms with E-state index in [9.17, 15) is 4.79 Å². The molecule has 0 saturated heterocycles. The van der Waals surface area contributed by atoms with Crippen LogP contribution in [-0.2, 0) is 9.47 Å². The predicted octanol–water partition coefficient (Wildman–Crippen LogP) is 3.77. The van der Waals surface area contributed by atoms with E-state index < -0.39 is 6.09 Å². The molecule has 1 atom stereocenters. The van der Waals surface area contributed by atoms with Crippen LogP contribution in [0.1, 0.15) is 33.6 Å². The Balaban J connectivity index is 4.64. The quantitative estimate of drug-likeness (QED) is 0.202. The van der Waals surface area contributed by atoms with E-state index >= 15 is 0 Å². The van der Waals surface area contributed by atoms with E-state index in [0.717, 1.165) is 0 Å². The molecule has 0 fully saturated rings. The summed E-state index contributed by atoms with van der Waals surface area (Å²) in [5.41, 5.74) is 8.05. The molecule has 0 rings (SSSR count). The summed E-state index contributed by atoms with van der Waals surface area (Å²) < 4.78 is 10.5. The number of ether oxygens (including phenoxy) is 2. The van der Waals surface area contributed by atoms with Crippen LogP contribution in [0.25, 0.3) is 10.4 Å². The number of halogens is 1. The third kappa shape index (κ3) is 7.41. The fourth-order valence-corrected chi connectivity index (χ4v) is 2.15. The van der Waals surface area contributed by atoms with Crippen molar-refractivity contribution in [1.29, 1.82) is 0 Å². The second-order valence-corrected chi connectivity index (χ2v) is 5.59. The summed E-state index contributed by atoms with van der Waals surface area (Å²) in [5.74, 6) is 0. The Hall–Kier alpha value is -1.17. The van der Waals surface area contributed by atoms with Crippen LogP contribution in [0.4, 0.5) is 4.79 Å². The zero-order valence-corrected chi connectivity index (χ0v) is 14.0. The Morgan fingerprint density at radius 2 is 2.19 bits per heavy atom. The Bertz CT molecular complexity index is 359. The molecule has 0 aliphatic heterocycles. The second-order valence-electron chi connectivity index (χ2n) is 5.35. The predicted molar refractivity (Wildman–Crippen MR) is 82.3 cm³/mol. The number of nitrogens with zero attached hydrogens (tertiary/aromatic N) is 4. The van der Waals surface area contributed by atoms with E-state index in [1.165, 1.54) is 4.90 Å². The van der Waals surface area contributed by atoms with Gasteiger partial charge in [-0.1, -0.05) is 25.9 Å². The highest BCUT2D eigenvalue weighted by Crippen LogP contribution is 2.30. The third-order valence-corrected chi connectivity index (χ3v) is 3.66. The Labute approximate surface area is 131 Å². The van der Waals surface area contributed by atoms with E-state index in [1.54, 1.807) is 7.11 Å². The minimum atomic E-state index is -0.453. The van der Waals surface area contributed by atoms with Gasteiger partial charge in [-0.15, -0.1) is 11.6 Å². The van der Waals surface area contributed by atoms with Crippen LogP contribution < -0.4 is 0 Å². The molecule has 0 aromatic carbocycles. The first kappa shape index (κ1) is 19.8. The smallest absolute Gasteiger partial charge is 0.411 e. The van der Waals surface area contributed by atoms with Crippen molar-refractivity contribution in [3.63, 3.8) is 0 Å². The first-order chi connectivity index (χ1) is 9.92. The van der Waals surface area contributed by atoms with Gasteiger partial charge in [0, 0.05) is 30.5 Å². The number of carbonyl (C=O) groups excluding carboxylic acids is 1. The largest absolute Gasteiger partial charge is 0.446 e. The van der Waals surface area contributed by atoms with Crippen molar-refractivity contribution in [2.24, 2.45) is 10.5 Å². The highest BCUT2D eigenvalue weighted by atomic mass is 35.5. The fourth-order valence-electron chi connectivity index (χ4n) is 1.94. The maximum atomic E-state index is 12.1. The van der Waals surface area contributed by atoms with Crippen molar-refractivity contribution in [3.8, 4) is 0 Å². The van der Waals surface area contributed by atoms with Gasteiger partial charge in [-0.2, -0.15) is 0 Å². The van der Waals surface area contributed by atoms with Gasteiger partial charge in [0.25, 0.3) is 0 Å². The number of rotatable bonds is 10. The molecule has 0 aliphatic rings. The van der Waals surface area contributed by atoms with Gasteiger partial charge in [0.2, 0.25) is 0 Å². The number of hydrogen-bond donors (Lipinski definition) is 0. The standard InChI is InChI=1S/C13H25ClN4O3/c1-5-11(13(2,3)6-7-16-17-15)21-12(19)18(10-14)8-9-20-4/h11H,5-10H2,1-4H3. The molecule has 0 N–H and O–H groups in total. The average Bonchev–Trinajstić information content (AvgIpc) is 2.45. The summed E-state index contributed by atoms with van der Waals surface area (Å²) in [6.07, 6.45) is 0.593. The van der Waals surface area contributed by atoms with Gasteiger partial charge in [-0.05, 0) is 18.4 Å². The monoisotopic (exact) mass is 320 g/mol. The molecule has 0 aromatic rings. The zero-order valence-electron chi connectivity index (χ0n) is 13.2. The van der Waals surface area contributed by atoms with Crippen LogP contribution in [0.5, 0.6) is 0 Å². The average molecular weight is 321 g/mol. The van der Waals surface area contributed by atoms with Crippen LogP contribution in [0.3, 0.4) is 0 Å². The van der Waals surface area contributed by atoms with Gasteiger partial charge in [0.05, 0.1) is 12.6 Å². The Kier molecular flexibility index (Phi) is 9.95. The van der Waals surface area contributed by atoms with Gasteiger partial charge in [0.15, 0.2) is 0 Å². The van der Waals surface area contributed by atoms with E-state index in [0.29, 0.717) is 32.5 Å². The van der Waals surface area contributed by atoms with Gasteiger partial charge < -0.3 is 9.47 Å². The summed E-state index contributed by atoms with van der Waals surface area (Å²) >= 11 is 5.76. The Morgan fingerprint density at radius 1 is 1.52 bits per heavy atom. The molecule has 1 amide bonds. The molecular formula is C13H25ClN4O3. The molecule has 8 heteroatoms. The molecule has 0 aliphatic carbocycles. The maximum Gasteiger partial charge on any atom is 0.411 e. The van der Waals surface area contributed by atoms with Crippen LogP contribution in [0, 0.1) is 5.41 Å². The van der Waals surface area contributed by atoms with Gasteiger partial charge >= 0.3 is 6.09 Å². The summed E-state index contributed by atoms with van der Waals surface area (Å²) in [4.78, 5) is 16.2. The molecule has 0 bridgehead atoms. The normalized spacial score (nSPS) is 12.4. The number of methoxy groups -OCH3 is 1. The minimum Gasteiger partial charge on any atom is -0.446 e. The first-order valence-corrected chi connectivity index (χ1v) is 7.47. The minimum absolute atomic E-state index is 0.0534. The zero-order chi connectivity index (χ0) is 16.3. The van der Waals surface area contributed by atoms with Crippen LogP contribution >= 0.6 is 11.6 Å². The van der Waals surface area contributed by atoms with E-state index in [4.69, 9.17) is 26.6 Å². The molecule has 1 unspecified atom stereocenters. The van der Waals surface area contributed by atoms with Crippen molar-refractivity contribution in [1.82, 2.24) is 4.90 Å². The molecule has 21 heavy (non-hydrogen) atoms. The number of hydrogen-bond acceptors (Lipinski definition) is 4. The molecule has 0 saturated carbocycles. The number of carbonyl (C=O) groups is 1. The van der Waals surface area contributed by atoms with Crippen molar-refractivity contribution in [2.75, 3.05) is 32.8 Å². The molecular weight excluding hydrogens is 296 g/mol. The van der Waals surface area contributed by atoms with E-state index in [1.807, 2.05) is 20.8 Å². The SMILES string of the molecule is CCC(OC(=O)N(CCl)CCOC)C(C)(C)CCN=[N+]=[N-]. The van der Waals surface area contributed by atoms with Crippen molar-refractivity contribution in [2.45, 2.75) is 39.7 Å². The number of alkyl halides is 1. The summed E-state index contributed by atoms with van der Waals surface area (Å²) in [5, 5.41) is 3.54. The molecule has 0 aromatic heterocycles. The van der Waals surface area contributed by atoms with Crippen LogP contribution in [0.2, 0.25) is 0 Å². The lowest BCUT2D eigenvalue weighted by molar-refractivity contribution is -0.00199. The van der Waals surface area contributed by atoms with Crippen molar-refractivity contribution >= 4 is 17.7 Å². The molecule has 0 heterocycles. The lowest BCUT2D eigenvalue weighted by Crippen LogP contribution is -2.40. The van der Waals surface area contributed by atoms with Gasteiger partial charge in [-0.25, -0.2) is 4.79 Å². The number of azide groups is 1. The Morgan fingerprint density at radius 3 is 2.67 bits per heavy atom. The second kappa shape index (κ2) is 10.5. The van der Waals surface area contributed by atoms with Crippen LogP contribution in [0.15, 0.2) is 5.11 Å². The summed E-state index contributed by atoms with van der Waals surface area (Å²) in [6, 6.07) is 0.0534. The highest BCUT2D eigenvalue weighted by Gasteiger charge is 2.32. The fraction of sp³-hybridized carbons (Fsp3) is 0.923. The summed E-state index contributed by atoms with van der Waals surface area (Å²) in [6.45, 7) is 7.09. The van der Waals surface area contributed by atoms with Crippen molar-refractivity contribution < 1.29 is 14.3 Å². The lowest BCUT2D eigenvalue weighted by Gasteiger charge is -2.34. The number of amides is 1. The molecule has 0 radical (unpaired) electrons. The molecule has 0 spiro atoms. The topological polar surface area (TPSA) is 87.5 Å².